The maximum atomic E-state index is 14.2. The second-order valence-corrected chi connectivity index (χ2v) is 16.8. The molecule has 0 bridgehead atoms. The van der Waals surface area contributed by atoms with Crippen molar-refractivity contribution in [1.29, 1.82) is 0 Å². The average molecular weight is 970 g/mol. The van der Waals surface area contributed by atoms with Crippen LogP contribution in [0.4, 0.5) is 0 Å². The predicted molar refractivity (Wildman–Crippen MR) is 249 cm³/mol. The minimum Gasteiger partial charge on any atom is -0.458 e. The number of amides is 2. The average Bonchev–Trinajstić information content (AvgIpc) is 3.82. The summed E-state index contributed by atoms with van der Waals surface area (Å²) in [5, 5.41) is 12.5. The number of carbonyl (C=O) groups is 6. The smallest absolute Gasteiger partial charge is 0.338 e. The van der Waals surface area contributed by atoms with E-state index in [0.717, 1.165) is 10.5 Å². The number of esters is 4. The third-order valence-electron chi connectivity index (χ3n) is 12.2. The summed E-state index contributed by atoms with van der Waals surface area (Å²) in [5.41, 5.74) is 1.52. The maximum absolute atomic E-state index is 14.2. The summed E-state index contributed by atoms with van der Waals surface area (Å²) in [7, 11) is 1.28. The number of aliphatic hydroxyl groups is 1. The van der Waals surface area contributed by atoms with Gasteiger partial charge in [-0.2, -0.15) is 0 Å². The number of carbonyl (C=O) groups excluding carboxylic acids is 6. The Hall–Kier alpha value is -7.38. The number of hydrogen-bond acceptors (Lipinski definition) is 16. The molecule has 368 valence electrons. The molecular formula is C54H51NO16. The Bertz CT molecular complexity index is 2660. The third-order valence-corrected chi connectivity index (χ3v) is 12.2. The van der Waals surface area contributed by atoms with Crippen LogP contribution in [0.5, 0.6) is 0 Å². The Kier molecular flexibility index (Phi) is 16.2. The first-order chi connectivity index (χ1) is 34.4. The largest absolute Gasteiger partial charge is 0.458 e. The van der Waals surface area contributed by atoms with E-state index in [1.807, 2.05) is 30.3 Å². The highest BCUT2D eigenvalue weighted by Crippen LogP contribution is 2.38. The van der Waals surface area contributed by atoms with E-state index >= 15 is 0 Å². The van der Waals surface area contributed by atoms with Crippen LogP contribution in [0.25, 0.3) is 0 Å². The van der Waals surface area contributed by atoms with Gasteiger partial charge in [0.2, 0.25) is 0 Å². The molecule has 71 heavy (non-hydrogen) atoms. The summed E-state index contributed by atoms with van der Waals surface area (Å²) in [5.74, 6) is -4.92. The molecule has 17 nitrogen and oxygen atoms in total. The molecule has 2 amide bonds. The molecule has 3 aliphatic heterocycles. The van der Waals surface area contributed by atoms with Crippen molar-refractivity contribution in [2.24, 2.45) is 0 Å². The number of aliphatic hydroxyl groups excluding tert-OH is 1. The highest BCUT2D eigenvalue weighted by atomic mass is 16.8. The summed E-state index contributed by atoms with van der Waals surface area (Å²) in [6, 6.07) is 39.3. The lowest BCUT2D eigenvalue weighted by Crippen LogP contribution is -2.67. The van der Waals surface area contributed by atoms with Crippen molar-refractivity contribution < 1.29 is 76.5 Å². The van der Waals surface area contributed by atoms with Gasteiger partial charge in [0.15, 0.2) is 30.9 Å². The molecule has 0 radical (unpaired) electrons. The van der Waals surface area contributed by atoms with Crippen molar-refractivity contribution in [3.05, 3.63) is 191 Å². The second kappa shape index (κ2) is 23.0. The maximum Gasteiger partial charge on any atom is 0.338 e. The van der Waals surface area contributed by atoms with E-state index in [-0.39, 0.29) is 46.6 Å². The van der Waals surface area contributed by atoms with E-state index in [1.165, 1.54) is 69.5 Å². The normalized spacial score (nSPS) is 24.6. The lowest BCUT2D eigenvalue weighted by atomic mass is 9.95. The fraction of sp³-hybridized carbons (Fsp3) is 0.296. The number of hydrogen-bond donors (Lipinski definition) is 1. The van der Waals surface area contributed by atoms with Crippen LogP contribution in [-0.4, -0.2) is 127 Å². The number of nitrogens with zero attached hydrogens (tertiary/aromatic N) is 1. The number of benzene rings is 5. The molecule has 0 aromatic heterocycles. The van der Waals surface area contributed by atoms with Gasteiger partial charge < -0.3 is 47.7 Å². The van der Waals surface area contributed by atoms with Crippen molar-refractivity contribution in [2.45, 2.75) is 81.8 Å². The zero-order valence-corrected chi connectivity index (χ0v) is 38.8. The Labute approximate surface area is 408 Å². The van der Waals surface area contributed by atoms with Crippen LogP contribution < -0.4 is 0 Å². The molecule has 0 saturated carbocycles. The number of rotatable bonds is 18. The summed E-state index contributed by atoms with van der Waals surface area (Å²) in [6.07, 6.45) is -14.6. The van der Waals surface area contributed by atoms with Gasteiger partial charge >= 0.3 is 23.9 Å². The van der Waals surface area contributed by atoms with E-state index in [4.69, 9.17) is 42.6 Å². The molecule has 3 heterocycles. The van der Waals surface area contributed by atoms with Crippen LogP contribution in [0.2, 0.25) is 0 Å². The minimum absolute atomic E-state index is 0.0761. The molecule has 5 aromatic rings. The molecule has 0 spiro atoms. The quantitative estimate of drug-likeness (QED) is 0.0639. The van der Waals surface area contributed by atoms with Gasteiger partial charge in [-0.3, -0.25) is 14.5 Å². The van der Waals surface area contributed by atoms with Gasteiger partial charge in [0, 0.05) is 18.3 Å². The van der Waals surface area contributed by atoms with Crippen LogP contribution >= 0.6 is 0 Å². The van der Waals surface area contributed by atoms with E-state index in [9.17, 15) is 33.9 Å². The molecule has 3 aliphatic rings. The standard InChI is InChI=1S/C54H51NO16/c1-32-33(2)48(58)55(47(32)57)41-42(56)43(39(67-53(41)63-3)30-64-29-34-19-9-4-10-20-34)70-54-46(69-52(62)38-27-17-8-18-28-38)45(68-51(61)37-25-15-7-16-26-37)44(71-54)40(66-50(60)36-23-13-6-14-24-36)31-65-49(59)35-21-11-5-12-22-35/h4-28,39-46,53-54,56H,29-31H2,1-3H3/t39-,40-,41-,42-,43-,44+,45+,46-,53+,54-/m1/s1. The first-order valence-corrected chi connectivity index (χ1v) is 22.8. The third kappa shape index (κ3) is 11.5. The highest BCUT2D eigenvalue weighted by molar-refractivity contribution is 6.19. The van der Waals surface area contributed by atoms with E-state index < -0.39 is 104 Å². The Morgan fingerprint density at radius 2 is 1.06 bits per heavy atom. The van der Waals surface area contributed by atoms with Crippen LogP contribution in [0.1, 0.15) is 60.8 Å². The summed E-state index contributed by atoms with van der Waals surface area (Å²) < 4.78 is 55.7. The molecule has 0 unspecified atom stereocenters. The van der Waals surface area contributed by atoms with Gasteiger partial charge in [0.05, 0.1) is 35.5 Å². The second-order valence-electron chi connectivity index (χ2n) is 16.8. The summed E-state index contributed by atoms with van der Waals surface area (Å²) >= 11 is 0. The minimum atomic E-state index is -1.84. The zero-order valence-electron chi connectivity index (χ0n) is 38.8. The molecule has 5 aromatic carbocycles. The van der Waals surface area contributed by atoms with Crippen LogP contribution in [0.15, 0.2) is 163 Å². The fourth-order valence-corrected chi connectivity index (χ4v) is 8.38. The van der Waals surface area contributed by atoms with Crippen LogP contribution in [0, 0.1) is 0 Å². The lowest BCUT2D eigenvalue weighted by molar-refractivity contribution is -0.314. The molecular weight excluding hydrogens is 919 g/mol. The molecule has 10 atom stereocenters. The highest BCUT2D eigenvalue weighted by Gasteiger charge is 2.59. The van der Waals surface area contributed by atoms with Crippen molar-refractivity contribution >= 4 is 35.7 Å². The number of methoxy groups -OCH3 is 1. The topological polar surface area (TPSA) is 209 Å². The van der Waals surface area contributed by atoms with E-state index in [2.05, 4.69) is 0 Å². The van der Waals surface area contributed by atoms with E-state index in [0.29, 0.717) is 0 Å². The molecule has 17 heteroatoms. The molecule has 0 aliphatic carbocycles. The van der Waals surface area contributed by atoms with Crippen molar-refractivity contribution in [3.8, 4) is 0 Å². The van der Waals surface area contributed by atoms with Gasteiger partial charge in [0.25, 0.3) is 11.8 Å². The van der Waals surface area contributed by atoms with Crippen LogP contribution in [-0.2, 0) is 58.8 Å². The molecule has 8 rings (SSSR count). The van der Waals surface area contributed by atoms with Crippen molar-refractivity contribution in [1.82, 2.24) is 4.90 Å². The lowest BCUT2D eigenvalue weighted by Gasteiger charge is -2.47. The van der Waals surface area contributed by atoms with Crippen LogP contribution in [0.3, 0.4) is 0 Å². The molecule has 2 saturated heterocycles. The number of ether oxygens (including phenoxy) is 9. The van der Waals surface area contributed by atoms with Gasteiger partial charge in [-0.25, -0.2) is 19.2 Å². The predicted octanol–water partition coefficient (Wildman–Crippen LogP) is 5.65. The molecule has 1 N–H and O–H groups in total. The Morgan fingerprint density at radius 3 is 1.56 bits per heavy atom. The monoisotopic (exact) mass is 969 g/mol. The van der Waals surface area contributed by atoms with Crippen molar-refractivity contribution in [2.75, 3.05) is 20.3 Å². The summed E-state index contributed by atoms with van der Waals surface area (Å²) in [4.78, 5) is 84.1. The van der Waals surface area contributed by atoms with Gasteiger partial charge in [-0.05, 0) is 67.9 Å². The summed E-state index contributed by atoms with van der Waals surface area (Å²) in [6.45, 7) is 2.09. The van der Waals surface area contributed by atoms with Gasteiger partial charge in [0.1, 0.15) is 37.1 Å². The molecule has 2 fully saturated rings. The number of imide groups is 1. The first kappa shape index (κ1) is 50.0. The SMILES string of the molecule is CO[C@H]1O[C@H](COCc2ccccc2)[C@@H](O[C@@H]2O[C@@H]([C@@H](COC(=O)c3ccccc3)OC(=O)c3ccccc3)[C@H](OC(=O)c3ccccc3)[C@H]2OC(=O)c2ccccc2)[C@H](O)[C@H]1N1C(=O)C(C)=C(C)C1=O. The Morgan fingerprint density at radius 1 is 0.592 bits per heavy atom. The van der Waals surface area contributed by atoms with Gasteiger partial charge in [-0.1, -0.05) is 103 Å². The Balaban J connectivity index is 1.21. The zero-order chi connectivity index (χ0) is 50.0. The first-order valence-electron chi connectivity index (χ1n) is 22.8. The van der Waals surface area contributed by atoms with Gasteiger partial charge in [-0.15, -0.1) is 0 Å². The van der Waals surface area contributed by atoms with E-state index in [1.54, 1.807) is 72.8 Å². The fourth-order valence-electron chi connectivity index (χ4n) is 8.38. The van der Waals surface area contributed by atoms with Crippen molar-refractivity contribution in [3.63, 3.8) is 0 Å².